The van der Waals surface area contributed by atoms with Crippen molar-refractivity contribution in [1.29, 1.82) is 5.26 Å². The second-order valence-electron chi connectivity index (χ2n) is 6.22. The van der Waals surface area contributed by atoms with E-state index < -0.39 is 0 Å². The topological polar surface area (TPSA) is 101 Å². The third-order valence-corrected chi connectivity index (χ3v) is 5.18. The first-order valence-corrected chi connectivity index (χ1v) is 8.57. The lowest BCUT2D eigenvalue weighted by Gasteiger charge is -2.32. The first kappa shape index (κ1) is 15.8. The zero-order chi connectivity index (χ0) is 16.4. The minimum Gasteiger partial charge on any atom is -0.328 e. The number of aromatic nitrogens is 3. The molecule has 2 heterocycles. The number of rotatable bonds is 3. The normalized spacial score (nSPS) is 24.2. The molecular formula is C16H20N6S. The van der Waals surface area contributed by atoms with E-state index in [1.54, 1.807) is 6.20 Å². The van der Waals surface area contributed by atoms with E-state index in [1.165, 1.54) is 11.5 Å². The predicted octanol–water partition coefficient (Wildman–Crippen LogP) is 3.09. The Morgan fingerprint density at radius 2 is 2.26 bits per heavy atom. The van der Waals surface area contributed by atoms with Gasteiger partial charge in [-0.15, -0.1) is 0 Å². The highest BCUT2D eigenvalue weighted by Crippen LogP contribution is 2.36. The predicted molar refractivity (Wildman–Crippen MR) is 90.6 cm³/mol. The Kier molecular flexibility index (Phi) is 4.55. The van der Waals surface area contributed by atoms with Gasteiger partial charge in [0.2, 0.25) is 0 Å². The van der Waals surface area contributed by atoms with Gasteiger partial charge in [0, 0.05) is 12.0 Å². The molecule has 1 aliphatic carbocycles. The van der Waals surface area contributed by atoms with Crippen LogP contribution in [0.5, 0.6) is 0 Å². The molecule has 1 fully saturated rings. The molecule has 0 amide bonds. The maximum Gasteiger partial charge on any atom is 0.183 e. The van der Waals surface area contributed by atoms with Crippen molar-refractivity contribution in [3.8, 4) is 6.07 Å². The summed E-state index contributed by atoms with van der Waals surface area (Å²) < 4.78 is 4.23. The van der Waals surface area contributed by atoms with E-state index in [-0.39, 0.29) is 6.04 Å². The van der Waals surface area contributed by atoms with Crippen LogP contribution in [0.1, 0.15) is 49.2 Å². The van der Waals surface area contributed by atoms with E-state index in [4.69, 9.17) is 5.73 Å². The third-order valence-electron chi connectivity index (χ3n) is 4.38. The summed E-state index contributed by atoms with van der Waals surface area (Å²) >= 11 is 1.35. The van der Waals surface area contributed by atoms with Crippen molar-refractivity contribution in [2.24, 2.45) is 11.7 Å². The quantitative estimate of drug-likeness (QED) is 0.898. The molecular weight excluding hydrogens is 308 g/mol. The van der Waals surface area contributed by atoms with Gasteiger partial charge in [0.1, 0.15) is 11.1 Å². The lowest BCUT2D eigenvalue weighted by molar-refractivity contribution is 0.295. The molecule has 23 heavy (non-hydrogen) atoms. The van der Waals surface area contributed by atoms with Crippen LogP contribution in [0.4, 0.5) is 10.8 Å². The van der Waals surface area contributed by atoms with Gasteiger partial charge in [-0.25, -0.2) is 9.97 Å². The molecule has 7 heteroatoms. The molecule has 3 rings (SSSR count). The molecule has 0 radical (unpaired) electrons. The van der Waals surface area contributed by atoms with Crippen LogP contribution in [0.2, 0.25) is 0 Å². The van der Waals surface area contributed by atoms with E-state index in [0.717, 1.165) is 35.7 Å². The zero-order valence-corrected chi connectivity index (χ0v) is 14.1. The molecule has 3 N–H and O–H groups in total. The summed E-state index contributed by atoms with van der Waals surface area (Å²) in [6.07, 6.45) is 4.80. The van der Waals surface area contributed by atoms with E-state index in [1.807, 2.05) is 13.0 Å². The molecule has 2 aromatic heterocycles. The lowest BCUT2D eigenvalue weighted by Crippen LogP contribution is -2.31. The highest BCUT2D eigenvalue weighted by atomic mass is 32.1. The second-order valence-corrected chi connectivity index (χ2v) is 7.02. The number of nitriles is 1. The van der Waals surface area contributed by atoms with Gasteiger partial charge in [-0.2, -0.15) is 9.64 Å². The first-order valence-electron chi connectivity index (χ1n) is 7.79. The Balaban J connectivity index is 1.91. The van der Waals surface area contributed by atoms with Crippen molar-refractivity contribution in [1.82, 2.24) is 14.3 Å². The Hall–Kier alpha value is -2.04. The maximum absolute atomic E-state index is 9.27. The molecule has 3 atom stereocenters. The van der Waals surface area contributed by atoms with Gasteiger partial charge < -0.3 is 11.1 Å². The summed E-state index contributed by atoms with van der Waals surface area (Å²) in [5.74, 6) is 1.32. The van der Waals surface area contributed by atoms with Gasteiger partial charge in [0.15, 0.2) is 11.5 Å². The van der Waals surface area contributed by atoms with Crippen molar-refractivity contribution < 1.29 is 0 Å². The standard InChI is InChI=1S/C16H20N6S/c1-9-3-4-11(18)6-12(9)14-8-19-13(7-17)16(20-14)21-15-5-10(2)22-23-15/h5,8-9,11-12H,3-4,6,18H2,1-2H3,(H,20,21). The van der Waals surface area contributed by atoms with Crippen LogP contribution in [0.25, 0.3) is 0 Å². The fourth-order valence-corrected chi connectivity index (χ4v) is 3.72. The van der Waals surface area contributed by atoms with Gasteiger partial charge in [0.05, 0.1) is 17.6 Å². The molecule has 120 valence electrons. The van der Waals surface area contributed by atoms with Crippen LogP contribution in [0.3, 0.4) is 0 Å². The Morgan fingerprint density at radius 1 is 1.43 bits per heavy atom. The van der Waals surface area contributed by atoms with Gasteiger partial charge in [-0.05, 0) is 49.7 Å². The maximum atomic E-state index is 9.27. The Bertz CT molecular complexity index is 734. The minimum absolute atomic E-state index is 0.217. The van der Waals surface area contributed by atoms with Crippen LogP contribution >= 0.6 is 11.5 Å². The van der Waals surface area contributed by atoms with E-state index >= 15 is 0 Å². The fraction of sp³-hybridized carbons (Fsp3) is 0.500. The van der Waals surface area contributed by atoms with Crippen LogP contribution in [0, 0.1) is 24.2 Å². The summed E-state index contributed by atoms with van der Waals surface area (Å²) in [6, 6.07) is 4.24. The molecule has 0 aliphatic heterocycles. The number of nitrogens with one attached hydrogen (secondary N) is 1. The third kappa shape index (κ3) is 3.49. The van der Waals surface area contributed by atoms with Crippen LogP contribution in [-0.4, -0.2) is 20.4 Å². The van der Waals surface area contributed by atoms with Gasteiger partial charge in [0.25, 0.3) is 0 Å². The van der Waals surface area contributed by atoms with Crippen molar-refractivity contribution >= 4 is 22.4 Å². The van der Waals surface area contributed by atoms with Crippen molar-refractivity contribution in [3.63, 3.8) is 0 Å². The van der Waals surface area contributed by atoms with E-state index in [0.29, 0.717) is 23.3 Å². The first-order chi connectivity index (χ1) is 11.1. The number of nitrogens with zero attached hydrogens (tertiary/aromatic N) is 4. The number of anilines is 2. The van der Waals surface area contributed by atoms with E-state index in [2.05, 4.69) is 32.7 Å². The van der Waals surface area contributed by atoms with Crippen molar-refractivity contribution in [2.45, 2.75) is 45.1 Å². The molecule has 0 aromatic carbocycles. The summed E-state index contributed by atoms with van der Waals surface area (Å²) in [5.41, 5.74) is 8.27. The molecule has 2 aromatic rings. The van der Waals surface area contributed by atoms with Gasteiger partial charge in [-0.3, -0.25) is 0 Å². The minimum atomic E-state index is 0.217. The molecule has 1 saturated carbocycles. The van der Waals surface area contributed by atoms with E-state index in [9.17, 15) is 5.26 Å². The number of hydrogen-bond donors (Lipinski definition) is 2. The monoisotopic (exact) mass is 328 g/mol. The molecule has 3 unspecified atom stereocenters. The number of hydrogen-bond acceptors (Lipinski definition) is 7. The molecule has 6 nitrogen and oxygen atoms in total. The fourth-order valence-electron chi connectivity index (χ4n) is 3.06. The summed E-state index contributed by atoms with van der Waals surface area (Å²) in [7, 11) is 0. The highest BCUT2D eigenvalue weighted by molar-refractivity contribution is 7.10. The summed E-state index contributed by atoms with van der Waals surface area (Å²) in [6.45, 7) is 4.16. The Morgan fingerprint density at radius 3 is 2.96 bits per heavy atom. The Labute approximate surface area is 139 Å². The zero-order valence-electron chi connectivity index (χ0n) is 13.3. The average molecular weight is 328 g/mol. The smallest absolute Gasteiger partial charge is 0.183 e. The molecule has 1 aliphatic rings. The molecule has 0 saturated heterocycles. The summed E-state index contributed by atoms with van der Waals surface area (Å²) in [4.78, 5) is 8.98. The van der Waals surface area contributed by atoms with Gasteiger partial charge >= 0.3 is 0 Å². The van der Waals surface area contributed by atoms with Crippen LogP contribution in [-0.2, 0) is 0 Å². The summed E-state index contributed by atoms with van der Waals surface area (Å²) in [5, 5.41) is 13.3. The second kappa shape index (κ2) is 6.60. The SMILES string of the molecule is Cc1cc(Nc2nc(C3CC(N)CCC3C)cnc2C#N)sn1. The van der Waals surface area contributed by atoms with Crippen molar-refractivity contribution in [3.05, 3.63) is 29.3 Å². The number of nitrogens with two attached hydrogens (primary N) is 1. The van der Waals surface area contributed by atoms with Gasteiger partial charge in [-0.1, -0.05) is 6.92 Å². The largest absolute Gasteiger partial charge is 0.328 e. The van der Waals surface area contributed by atoms with Crippen molar-refractivity contribution in [2.75, 3.05) is 5.32 Å². The molecule has 0 spiro atoms. The average Bonchev–Trinajstić information content (AvgIpc) is 2.95. The van der Waals surface area contributed by atoms with Crippen LogP contribution < -0.4 is 11.1 Å². The lowest BCUT2D eigenvalue weighted by atomic mass is 9.76. The number of aryl methyl sites for hydroxylation is 1. The van der Waals surface area contributed by atoms with Crippen LogP contribution in [0.15, 0.2) is 12.3 Å². The highest BCUT2D eigenvalue weighted by Gasteiger charge is 2.29. The molecule has 0 bridgehead atoms.